The van der Waals surface area contributed by atoms with E-state index in [1.54, 1.807) is 30.4 Å². The smallest absolute Gasteiger partial charge is 0.308 e. The Bertz CT molecular complexity index is 916. The summed E-state index contributed by atoms with van der Waals surface area (Å²) in [5, 5.41) is 6.93. The van der Waals surface area contributed by atoms with Gasteiger partial charge in [0.2, 0.25) is 0 Å². The molecule has 3 aromatic rings. The van der Waals surface area contributed by atoms with Crippen molar-refractivity contribution in [2.45, 2.75) is 6.92 Å². The van der Waals surface area contributed by atoms with Crippen molar-refractivity contribution in [2.24, 2.45) is 0 Å². The van der Waals surface area contributed by atoms with Gasteiger partial charge < -0.3 is 4.74 Å². The maximum atomic E-state index is 14.5. The van der Waals surface area contributed by atoms with E-state index in [4.69, 9.17) is 4.74 Å². The predicted molar refractivity (Wildman–Crippen MR) is 82.7 cm³/mol. The summed E-state index contributed by atoms with van der Waals surface area (Å²) in [5.41, 5.74) is 1.42. The monoisotopic (exact) mass is 314 g/mol. The number of esters is 1. The Labute approximate surface area is 130 Å². The Kier molecular flexibility index (Phi) is 3.89. The van der Waals surface area contributed by atoms with Gasteiger partial charge in [-0.25, -0.2) is 8.78 Å². The fraction of sp³-hybridized carbons (Fsp3) is 0.0588. The quantitative estimate of drug-likeness (QED) is 0.588. The molecule has 0 radical (unpaired) electrons. The molecule has 0 fully saturated rings. The maximum absolute atomic E-state index is 14.5. The van der Waals surface area contributed by atoms with E-state index >= 15 is 0 Å². The van der Waals surface area contributed by atoms with E-state index in [0.29, 0.717) is 16.8 Å². The average molecular weight is 314 g/mol. The summed E-state index contributed by atoms with van der Waals surface area (Å²) in [7, 11) is 0. The van der Waals surface area contributed by atoms with E-state index in [1.165, 1.54) is 25.1 Å². The Morgan fingerprint density at radius 1 is 1.22 bits per heavy atom. The number of carbonyl (C=O) groups is 1. The highest BCUT2D eigenvalue weighted by Crippen LogP contribution is 2.28. The standard InChI is InChI=1S/C17H12F2N2O2/c1-10(22)23-15-8-7-14-16(17(15)19)13(20-21-14)6-5-11-3-2-4-12(18)9-11/h2-9H,1H3,(H,20,21)/b6-5+. The van der Waals surface area contributed by atoms with Gasteiger partial charge in [-0.1, -0.05) is 18.2 Å². The first kappa shape index (κ1) is 14.9. The van der Waals surface area contributed by atoms with Crippen LogP contribution in [0.25, 0.3) is 23.1 Å². The first-order valence-corrected chi connectivity index (χ1v) is 6.83. The second-order valence-corrected chi connectivity index (χ2v) is 4.89. The summed E-state index contributed by atoms with van der Waals surface area (Å²) < 4.78 is 32.5. The molecule has 1 N–H and O–H groups in total. The van der Waals surface area contributed by atoms with Gasteiger partial charge in [-0.2, -0.15) is 5.10 Å². The molecule has 0 aliphatic carbocycles. The van der Waals surface area contributed by atoms with Gasteiger partial charge in [0.15, 0.2) is 11.6 Å². The lowest BCUT2D eigenvalue weighted by Crippen LogP contribution is -2.03. The van der Waals surface area contributed by atoms with Crippen molar-refractivity contribution in [3.8, 4) is 5.75 Å². The van der Waals surface area contributed by atoms with Crippen molar-refractivity contribution in [3.05, 3.63) is 59.3 Å². The zero-order valence-corrected chi connectivity index (χ0v) is 12.1. The van der Waals surface area contributed by atoms with Crippen LogP contribution in [0.3, 0.4) is 0 Å². The number of aromatic nitrogens is 2. The van der Waals surface area contributed by atoms with Crippen LogP contribution in [0.4, 0.5) is 8.78 Å². The van der Waals surface area contributed by atoms with Gasteiger partial charge >= 0.3 is 5.97 Å². The minimum atomic E-state index is -0.676. The molecule has 0 atom stereocenters. The van der Waals surface area contributed by atoms with E-state index in [2.05, 4.69) is 10.2 Å². The molecule has 6 heteroatoms. The molecule has 0 amide bonds. The van der Waals surface area contributed by atoms with Crippen LogP contribution >= 0.6 is 0 Å². The molecule has 0 saturated carbocycles. The Morgan fingerprint density at radius 3 is 2.78 bits per heavy atom. The Balaban J connectivity index is 2.02. The molecule has 1 heterocycles. The van der Waals surface area contributed by atoms with E-state index in [1.807, 2.05) is 0 Å². The normalized spacial score (nSPS) is 11.3. The van der Waals surface area contributed by atoms with Gasteiger partial charge in [0.25, 0.3) is 0 Å². The SMILES string of the molecule is CC(=O)Oc1ccc2[nH]nc(/C=C/c3cccc(F)c3)c2c1F. The van der Waals surface area contributed by atoms with Crippen molar-refractivity contribution in [1.29, 1.82) is 0 Å². The number of benzene rings is 2. The zero-order valence-electron chi connectivity index (χ0n) is 12.1. The highest BCUT2D eigenvalue weighted by molar-refractivity contribution is 5.91. The van der Waals surface area contributed by atoms with Crippen LogP contribution in [0.2, 0.25) is 0 Å². The number of rotatable bonds is 3. The van der Waals surface area contributed by atoms with Crippen molar-refractivity contribution in [1.82, 2.24) is 10.2 Å². The number of carbonyl (C=O) groups excluding carboxylic acids is 1. The van der Waals surface area contributed by atoms with Gasteiger partial charge in [0.05, 0.1) is 16.6 Å². The zero-order chi connectivity index (χ0) is 16.4. The number of nitrogens with zero attached hydrogens (tertiary/aromatic N) is 1. The lowest BCUT2D eigenvalue weighted by Gasteiger charge is -2.03. The van der Waals surface area contributed by atoms with E-state index in [-0.39, 0.29) is 17.0 Å². The van der Waals surface area contributed by atoms with Crippen molar-refractivity contribution in [2.75, 3.05) is 0 Å². The summed E-state index contributed by atoms with van der Waals surface area (Å²) in [6, 6.07) is 8.92. The number of hydrogen-bond acceptors (Lipinski definition) is 3. The number of H-pyrrole nitrogens is 1. The molecule has 2 aromatic carbocycles. The van der Waals surface area contributed by atoms with Crippen LogP contribution in [0, 0.1) is 11.6 Å². The Morgan fingerprint density at radius 2 is 2.04 bits per heavy atom. The molecule has 1 aromatic heterocycles. The molecule has 0 aliphatic heterocycles. The van der Waals surface area contributed by atoms with Crippen molar-refractivity contribution >= 4 is 29.0 Å². The molecule has 0 aliphatic rings. The van der Waals surface area contributed by atoms with Crippen LogP contribution in [-0.2, 0) is 4.79 Å². The van der Waals surface area contributed by atoms with Gasteiger partial charge in [0.1, 0.15) is 5.82 Å². The van der Waals surface area contributed by atoms with Crippen LogP contribution in [-0.4, -0.2) is 16.2 Å². The molecular formula is C17H12F2N2O2. The minimum Gasteiger partial charge on any atom is -0.424 e. The number of fused-ring (bicyclic) bond motifs is 1. The van der Waals surface area contributed by atoms with Crippen molar-refractivity contribution < 1.29 is 18.3 Å². The molecule has 0 saturated heterocycles. The third kappa shape index (κ3) is 3.11. The third-order valence-corrected chi connectivity index (χ3v) is 3.20. The van der Waals surface area contributed by atoms with Crippen molar-refractivity contribution in [3.63, 3.8) is 0 Å². The maximum Gasteiger partial charge on any atom is 0.308 e. The van der Waals surface area contributed by atoms with Gasteiger partial charge in [-0.15, -0.1) is 0 Å². The number of ether oxygens (including phenoxy) is 1. The molecule has 4 nitrogen and oxygen atoms in total. The molecule has 0 spiro atoms. The van der Waals surface area contributed by atoms with Crippen LogP contribution in [0.1, 0.15) is 18.2 Å². The van der Waals surface area contributed by atoms with E-state index in [0.717, 1.165) is 0 Å². The molecule has 116 valence electrons. The first-order chi connectivity index (χ1) is 11.0. The van der Waals surface area contributed by atoms with Gasteiger partial charge in [0, 0.05) is 6.92 Å². The number of hydrogen-bond donors (Lipinski definition) is 1. The Hall–Kier alpha value is -3.02. The average Bonchev–Trinajstić information content (AvgIpc) is 2.92. The van der Waals surface area contributed by atoms with E-state index in [9.17, 15) is 13.6 Å². The lowest BCUT2D eigenvalue weighted by molar-refractivity contribution is -0.132. The summed E-state index contributed by atoms with van der Waals surface area (Å²) in [4.78, 5) is 11.0. The molecule has 0 bridgehead atoms. The second-order valence-electron chi connectivity index (χ2n) is 4.89. The van der Waals surface area contributed by atoms with Crippen LogP contribution in [0.15, 0.2) is 36.4 Å². The highest BCUT2D eigenvalue weighted by atomic mass is 19.1. The fourth-order valence-corrected chi connectivity index (χ4v) is 2.22. The van der Waals surface area contributed by atoms with E-state index < -0.39 is 11.8 Å². The topological polar surface area (TPSA) is 55.0 Å². The largest absolute Gasteiger partial charge is 0.424 e. The fourth-order valence-electron chi connectivity index (χ4n) is 2.22. The van der Waals surface area contributed by atoms with Crippen LogP contribution < -0.4 is 4.74 Å². The van der Waals surface area contributed by atoms with Gasteiger partial charge in [-0.05, 0) is 35.9 Å². The molecule has 3 rings (SSSR count). The minimum absolute atomic E-state index is 0.160. The second kappa shape index (κ2) is 6.00. The van der Waals surface area contributed by atoms with Crippen LogP contribution in [0.5, 0.6) is 5.75 Å². The van der Waals surface area contributed by atoms with Gasteiger partial charge in [-0.3, -0.25) is 9.89 Å². The summed E-state index contributed by atoms with van der Waals surface area (Å²) in [6.07, 6.45) is 3.19. The highest BCUT2D eigenvalue weighted by Gasteiger charge is 2.15. The molecule has 23 heavy (non-hydrogen) atoms. The summed E-state index contributed by atoms with van der Waals surface area (Å²) in [5.74, 6) is -1.80. The predicted octanol–water partition coefficient (Wildman–Crippen LogP) is 3.94. The third-order valence-electron chi connectivity index (χ3n) is 3.20. The lowest BCUT2D eigenvalue weighted by atomic mass is 10.1. The summed E-state index contributed by atoms with van der Waals surface area (Å²) >= 11 is 0. The number of aromatic amines is 1. The number of nitrogens with one attached hydrogen (secondary N) is 1. The summed E-state index contributed by atoms with van der Waals surface area (Å²) in [6.45, 7) is 1.20. The first-order valence-electron chi connectivity index (χ1n) is 6.83. The molecule has 0 unspecified atom stereocenters. The molecular weight excluding hydrogens is 302 g/mol. The number of halogens is 2.